The number of halogens is 2. The van der Waals surface area contributed by atoms with Crippen LogP contribution in [0.5, 0.6) is 0 Å². The number of carbonyl (C=O) groups excluding carboxylic acids is 1. The molecule has 0 aliphatic heterocycles. The topological polar surface area (TPSA) is 49.3 Å². The Morgan fingerprint density at radius 3 is 2.24 bits per heavy atom. The van der Waals surface area contributed by atoms with Crippen LogP contribution in [-0.4, -0.2) is 23.2 Å². The van der Waals surface area contributed by atoms with Crippen molar-refractivity contribution in [3.63, 3.8) is 0 Å². The molecular weight excluding hydrogens is 309 g/mol. The molecule has 1 aliphatic rings. The Morgan fingerprint density at radius 1 is 1.19 bits per heavy atom. The Labute approximate surface area is 135 Å². The molecule has 0 saturated heterocycles. The smallest absolute Gasteiger partial charge is 0.254 e. The second-order valence-corrected chi connectivity index (χ2v) is 7.48. The molecule has 3 nitrogen and oxygen atoms in total. The number of hydrogen-bond acceptors (Lipinski definition) is 2. The highest BCUT2D eigenvalue weighted by Gasteiger charge is 2.36. The number of aliphatic hydroxyl groups is 1. The van der Waals surface area contributed by atoms with Gasteiger partial charge in [0.2, 0.25) is 0 Å². The van der Waals surface area contributed by atoms with Gasteiger partial charge in [0, 0.05) is 6.54 Å². The number of benzene rings is 1. The van der Waals surface area contributed by atoms with Gasteiger partial charge in [0.25, 0.3) is 5.91 Å². The first-order valence-corrected chi connectivity index (χ1v) is 7.93. The molecule has 1 saturated carbocycles. The van der Waals surface area contributed by atoms with E-state index in [1.54, 1.807) is 18.2 Å². The van der Waals surface area contributed by atoms with Crippen LogP contribution >= 0.6 is 23.2 Å². The van der Waals surface area contributed by atoms with E-state index < -0.39 is 5.60 Å². The third-order valence-electron chi connectivity index (χ3n) is 4.30. The second-order valence-electron chi connectivity index (χ2n) is 6.67. The van der Waals surface area contributed by atoms with Crippen molar-refractivity contribution in [1.29, 1.82) is 0 Å². The van der Waals surface area contributed by atoms with E-state index in [1.165, 1.54) is 0 Å². The lowest BCUT2D eigenvalue weighted by molar-refractivity contribution is -0.0233. The lowest BCUT2D eigenvalue weighted by atomic mass is 9.71. The van der Waals surface area contributed by atoms with Crippen molar-refractivity contribution in [3.05, 3.63) is 33.8 Å². The summed E-state index contributed by atoms with van der Waals surface area (Å²) in [5.74, 6) is -0.344. The predicted molar refractivity (Wildman–Crippen MR) is 86.0 cm³/mol. The average molecular weight is 330 g/mol. The normalized spacial score (nSPS) is 20.0. The summed E-state index contributed by atoms with van der Waals surface area (Å²) in [6.07, 6.45) is 3.28. The van der Waals surface area contributed by atoms with E-state index in [0.717, 1.165) is 12.8 Å². The summed E-state index contributed by atoms with van der Waals surface area (Å²) in [6.45, 7) is 4.63. The first-order valence-electron chi connectivity index (χ1n) is 7.17. The molecule has 1 aromatic rings. The van der Waals surface area contributed by atoms with Crippen molar-refractivity contribution < 1.29 is 9.90 Å². The molecule has 0 radical (unpaired) electrons. The monoisotopic (exact) mass is 329 g/mol. The van der Waals surface area contributed by atoms with Crippen LogP contribution < -0.4 is 5.32 Å². The molecule has 0 aromatic heterocycles. The van der Waals surface area contributed by atoms with E-state index >= 15 is 0 Å². The van der Waals surface area contributed by atoms with E-state index in [9.17, 15) is 9.90 Å². The molecule has 5 heteroatoms. The van der Waals surface area contributed by atoms with Crippen LogP contribution in [0.25, 0.3) is 0 Å². The largest absolute Gasteiger partial charge is 0.388 e. The zero-order valence-corrected chi connectivity index (χ0v) is 13.9. The maximum atomic E-state index is 12.2. The molecule has 2 rings (SSSR count). The highest BCUT2D eigenvalue weighted by molar-refractivity contribution is 6.39. The molecule has 116 valence electrons. The van der Waals surface area contributed by atoms with Gasteiger partial charge in [-0.3, -0.25) is 4.79 Å². The average Bonchev–Trinajstić information content (AvgIpc) is 2.41. The van der Waals surface area contributed by atoms with Gasteiger partial charge in [0.1, 0.15) is 0 Å². The minimum atomic E-state index is -0.834. The van der Waals surface area contributed by atoms with Crippen molar-refractivity contribution in [1.82, 2.24) is 5.32 Å². The van der Waals surface area contributed by atoms with Crippen LogP contribution in [0.3, 0.4) is 0 Å². The molecule has 1 aromatic carbocycles. The lowest BCUT2D eigenvalue weighted by Crippen LogP contribution is -2.46. The summed E-state index contributed by atoms with van der Waals surface area (Å²) in [6, 6.07) is 4.94. The maximum Gasteiger partial charge on any atom is 0.254 e. The molecule has 1 amide bonds. The fourth-order valence-electron chi connectivity index (χ4n) is 2.62. The van der Waals surface area contributed by atoms with E-state index in [0.29, 0.717) is 22.9 Å². The fraction of sp³-hybridized carbons (Fsp3) is 0.562. The van der Waals surface area contributed by atoms with Crippen LogP contribution in [0.2, 0.25) is 10.0 Å². The van der Waals surface area contributed by atoms with Crippen molar-refractivity contribution >= 4 is 29.1 Å². The van der Waals surface area contributed by atoms with Crippen LogP contribution in [0.1, 0.15) is 49.9 Å². The van der Waals surface area contributed by atoms with Crippen molar-refractivity contribution in [2.24, 2.45) is 5.41 Å². The molecule has 0 heterocycles. The van der Waals surface area contributed by atoms with Crippen LogP contribution in [-0.2, 0) is 0 Å². The summed E-state index contributed by atoms with van der Waals surface area (Å²) in [5, 5.41) is 14.0. The summed E-state index contributed by atoms with van der Waals surface area (Å²) in [5.41, 5.74) is -0.304. The zero-order valence-electron chi connectivity index (χ0n) is 12.4. The predicted octanol–water partition coefficient (Wildman–Crippen LogP) is 4.05. The molecule has 0 unspecified atom stereocenters. The summed E-state index contributed by atoms with van der Waals surface area (Å²) in [7, 11) is 0. The second kappa shape index (κ2) is 6.15. The molecular formula is C16H21Cl2NO2. The summed E-state index contributed by atoms with van der Waals surface area (Å²) < 4.78 is 0. The minimum Gasteiger partial charge on any atom is -0.388 e. The van der Waals surface area contributed by atoms with E-state index in [4.69, 9.17) is 23.2 Å². The standard InChI is InChI=1S/C16H21Cl2NO2/c1-15(2)6-8-16(21,9-7-15)10-19-14(20)13-11(17)4-3-5-12(13)18/h3-5,21H,6-10H2,1-2H3,(H,19,20). The number of carbonyl (C=O) groups is 1. The zero-order chi connectivity index (χ0) is 15.7. The SMILES string of the molecule is CC1(C)CCC(O)(CNC(=O)c2c(Cl)cccc2Cl)CC1. The van der Waals surface area contributed by atoms with Crippen molar-refractivity contribution in [2.75, 3.05) is 6.54 Å². The Bertz CT molecular complexity index is 513. The molecule has 1 fully saturated rings. The number of amides is 1. The molecule has 1 aliphatic carbocycles. The Kier molecular flexibility index (Phi) is 4.86. The molecule has 2 N–H and O–H groups in total. The Balaban J connectivity index is 1.99. The van der Waals surface area contributed by atoms with Gasteiger partial charge in [-0.2, -0.15) is 0 Å². The Hall–Kier alpha value is -0.770. The minimum absolute atomic E-state index is 0.226. The van der Waals surface area contributed by atoms with E-state index in [1.807, 2.05) is 0 Å². The van der Waals surface area contributed by atoms with Gasteiger partial charge >= 0.3 is 0 Å². The van der Waals surface area contributed by atoms with Gasteiger partial charge in [-0.25, -0.2) is 0 Å². The van der Waals surface area contributed by atoms with Crippen LogP contribution in [0.4, 0.5) is 0 Å². The summed E-state index contributed by atoms with van der Waals surface area (Å²) >= 11 is 12.0. The van der Waals surface area contributed by atoms with Crippen LogP contribution in [0.15, 0.2) is 18.2 Å². The number of rotatable bonds is 3. The lowest BCUT2D eigenvalue weighted by Gasteiger charge is -2.40. The van der Waals surface area contributed by atoms with Gasteiger partial charge in [-0.15, -0.1) is 0 Å². The fourth-order valence-corrected chi connectivity index (χ4v) is 3.19. The van der Waals surface area contributed by atoms with E-state index in [-0.39, 0.29) is 23.4 Å². The highest BCUT2D eigenvalue weighted by atomic mass is 35.5. The first-order chi connectivity index (χ1) is 9.72. The van der Waals surface area contributed by atoms with E-state index in [2.05, 4.69) is 19.2 Å². The molecule has 0 bridgehead atoms. The molecule has 21 heavy (non-hydrogen) atoms. The Morgan fingerprint density at radius 2 is 1.71 bits per heavy atom. The number of nitrogens with one attached hydrogen (secondary N) is 1. The quantitative estimate of drug-likeness (QED) is 0.878. The van der Waals surface area contributed by atoms with Gasteiger partial charge in [-0.05, 0) is 43.2 Å². The first kappa shape index (κ1) is 16.6. The maximum absolute atomic E-state index is 12.2. The van der Waals surface area contributed by atoms with Crippen molar-refractivity contribution in [2.45, 2.75) is 45.1 Å². The highest BCUT2D eigenvalue weighted by Crippen LogP contribution is 2.39. The van der Waals surface area contributed by atoms with Gasteiger partial charge < -0.3 is 10.4 Å². The van der Waals surface area contributed by atoms with Crippen molar-refractivity contribution in [3.8, 4) is 0 Å². The van der Waals surface area contributed by atoms with Gasteiger partial charge in [-0.1, -0.05) is 43.1 Å². The number of hydrogen-bond donors (Lipinski definition) is 2. The van der Waals surface area contributed by atoms with Gasteiger partial charge in [0.05, 0.1) is 21.2 Å². The van der Waals surface area contributed by atoms with Crippen LogP contribution in [0, 0.1) is 5.41 Å². The summed E-state index contributed by atoms with van der Waals surface area (Å²) in [4.78, 5) is 12.2. The molecule has 0 atom stereocenters. The third-order valence-corrected chi connectivity index (χ3v) is 4.93. The third kappa shape index (κ3) is 4.12. The molecule has 0 spiro atoms. The van der Waals surface area contributed by atoms with Gasteiger partial charge in [0.15, 0.2) is 0 Å².